The summed E-state index contributed by atoms with van der Waals surface area (Å²) < 4.78 is 60.2. The van der Waals surface area contributed by atoms with E-state index in [-0.39, 0.29) is 11.3 Å². The Morgan fingerprint density at radius 2 is 1.48 bits per heavy atom. The lowest BCUT2D eigenvalue weighted by Crippen LogP contribution is -2.37. The van der Waals surface area contributed by atoms with Crippen LogP contribution in [0.3, 0.4) is 0 Å². The van der Waals surface area contributed by atoms with E-state index >= 15 is 0 Å². The summed E-state index contributed by atoms with van der Waals surface area (Å²) in [4.78, 5) is 15.2. The third-order valence-corrected chi connectivity index (χ3v) is 5.11. The third kappa shape index (κ3) is 8.57. The first kappa shape index (κ1) is 24.0. The second-order valence-corrected chi connectivity index (χ2v) is 8.09. The normalized spacial score (nSPS) is 11.2. The minimum absolute atomic E-state index is 0.0141. The average Bonchev–Trinajstić information content (AvgIpc) is 2.74. The molecule has 0 bridgehead atoms. The van der Waals surface area contributed by atoms with Gasteiger partial charge in [0, 0.05) is 11.1 Å². The van der Waals surface area contributed by atoms with Crippen LogP contribution in [0.5, 0.6) is 0 Å². The summed E-state index contributed by atoms with van der Waals surface area (Å²) in [5.74, 6) is -1.25. The summed E-state index contributed by atoms with van der Waals surface area (Å²) in [6, 6.07) is 22.3. The van der Waals surface area contributed by atoms with Gasteiger partial charge in [0.05, 0.1) is 11.4 Å². The highest BCUT2D eigenvalue weighted by atomic mass is 32.2. The van der Waals surface area contributed by atoms with Crippen LogP contribution in [0.25, 0.3) is 11.3 Å². The summed E-state index contributed by atoms with van der Waals surface area (Å²) >= 11 is 0. The Kier molecular flexibility index (Phi) is 8.29. The van der Waals surface area contributed by atoms with Crippen LogP contribution in [0, 0.1) is 0 Å². The average molecular weight is 451 g/mol. The van der Waals surface area contributed by atoms with Crippen molar-refractivity contribution in [3.05, 3.63) is 90.1 Å². The summed E-state index contributed by atoms with van der Waals surface area (Å²) in [5, 5.41) is 0.896. The summed E-state index contributed by atoms with van der Waals surface area (Å²) in [6.07, 6.45) is -4.67. The van der Waals surface area contributed by atoms with E-state index < -0.39 is 22.2 Å². The molecular weight excluding hydrogens is 431 g/mol. The van der Waals surface area contributed by atoms with Crippen molar-refractivity contribution in [2.45, 2.75) is 12.1 Å². The van der Waals surface area contributed by atoms with Crippen LogP contribution in [0.15, 0.2) is 78.9 Å². The zero-order valence-electron chi connectivity index (χ0n) is 16.4. The second kappa shape index (κ2) is 10.7. The van der Waals surface area contributed by atoms with Gasteiger partial charge in [-0.3, -0.25) is 15.1 Å². The number of nitrogens with one attached hydrogen (secondary N) is 2. The first-order valence-electron chi connectivity index (χ1n) is 8.96. The number of pyridine rings is 1. The molecule has 0 radical (unpaired) electrons. The van der Waals surface area contributed by atoms with Crippen molar-refractivity contribution in [1.29, 1.82) is 0 Å². The Morgan fingerprint density at radius 1 is 0.903 bits per heavy atom. The second-order valence-electron chi connectivity index (χ2n) is 6.16. The van der Waals surface area contributed by atoms with E-state index in [2.05, 4.69) is 9.71 Å². The lowest BCUT2D eigenvalue weighted by molar-refractivity contribution is -0.146. The molecule has 0 spiro atoms. The maximum Gasteiger partial charge on any atom is 0.484 e. The third-order valence-electron chi connectivity index (χ3n) is 3.82. The van der Waals surface area contributed by atoms with Gasteiger partial charge in [0.2, 0.25) is 10.0 Å². The monoisotopic (exact) mass is 451 g/mol. The van der Waals surface area contributed by atoms with Gasteiger partial charge < -0.3 is 0 Å². The minimum atomic E-state index is -4.67. The summed E-state index contributed by atoms with van der Waals surface area (Å²) in [7, 11) is -1.88. The quantitative estimate of drug-likeness (QED) is 0.579. The number of sulfonamides is 1. The minimum Gasteiger partial charge on any atom is -0.269 e. The Balaban J connectivity index is 0.000000233. The van der Waals surface area contributed by atoms with Gasteiger partial charge in [0.25, 0.3) is 5.91 Å². The van der Waals surface area contributed by atoms with Gasteiger partial charge in [-0.05, 0) is 31.3 Å². The topological polar surface area (TPSA) is 88.2 Å². The Labute approximate surface area is 178 Å². The zero-order valence-corrected chi connectivity index (χ0v) is 17.2. The number of halogens is 3. The van der Waals surface area contributed by atoms with Crippen molar-refractivity contribution < 1.29 is 26.4 Å². The highest BCUT2D eigenvalue weighted by Crippen LogP contribution is 2.17. The van der Waals surface area contributed by atoms with Crippen LogP contribution in [-0.4, -0.2) is 32.7 Å². The van der Waals surface area contributed by atoms with Gasteiger partial charge in [-0.1, -0.05) is 54.6 Å². The number of carbonyl (C=O) groups is 1. The molecule has 0 fully saturated rings. The maximum atomic E-state index is 11.7. The molecule has 2 N–H and O–H groups in total. The molecule has 2 aromatic carbocycles. The molecule has 0 saturated carbocycles. The fourth-order valence-corrected chi connectivity index (χ4v) is 3.08. The van der Waals surface area contributed by atoms with Gasteiger partial charge >= 0.3 is 6.30 Å². The molecule has 6 nitrogen and oxygen atoms in total. The number of hydrogen-bond acceptors (Lipinski definition) is 4. The van der Waals surface area contributed by atoms with E-state index in [1.54, 1.807) is 12.1 Å². The van der Waals surface area contributed by atoms with Crippen molar-refractivity contribution in [2.24, 2.45) is 0 Å². The lowest BCUT2D eigenvalue weighted by atomic mass is 10.1. The van der Waals surface area contributed by atoms with E-state index in [1.165, 1.54) is 31.3 Å². The molecule has 164 valence electrons. The van der Waals surface area contributed by atoms with Crippen LogP contribution in [0.2, 0.25) is 0 Å². The number of aromatic nitrogens is 1. The molecule has 0 saturated heterocycles. The largest absolute Gasteiger partial charge is 0.484 e. The number of amides is 1. The molecule has 3 rings (SSSR count). The molecule has 31 heavy (non-hydrogen) atoms. The molecule has 0 aliphatic rings. The molecule has 10 heteroatoms. The van der Waals surface area contributed by atoms with Crippen molar-refractivity contribution in [3.63, 3.8) is 0 Å². The number of benzene rings is 2. The molecule has 3 aromatic rings. The van der Waals surface area contributed by atoms with Gasteiger partial charge in [0.15, 0.2) is 0 Å². The predicted molar refractivity (Wildman–Crippen MR) is 111 cm³/mol. The molecule has 0 unspecified atom stereocenters. The van der Waals surface area contributed by atoms with E-state index in [0.29, 0.717) is 5.69 Å². The fourth-order valence-electron chi connectivity index (χ4n) is 2.39. The SMILES string of the molecule is CNS(=O)(=O)Cc1cccc(-c2ccccc2)n1.O=C(NC(F)(F)F)c1ccccc1. The van der Waals surface area contributed by atoms with Crippen molar-refractivity contribution in [1.82, 2.24) is 15.0 Å². The Bertz CT molecular complexity index is 1090. The summed E-state index contributed by atoms with van der Waals surface area (Å²) in [6.45, 7) is 0. The van der Waals surface area contributed by atoms with E-state index in [9.17, 15) is 26.4 Å². The molecule has 0 aliphatic heterocycles. The smallest absolute Gasteiger partial charge is 0.269 e. The predicted octanol–water partition coefficient (Wildman–Crippen LogP) is 3.73. The molecule has 0 atom stereocenters. The van der Waals surface area contributed by atoms with Crippen molar-refractivity contribution in [2.75, 3.05) is 7.05 Å². The van der Waals surface area contributed by atoms with Crippen LogP contribution < -0.4 is 10.0 Å². The molecule has 1 heterocycles. The fraction of sp³-hybridized carbons (Fsp3) is 0.143. The molecule has 1 aromatic heterocycles. The van der Waals surface area contributed by atoms with Gasteiger partial charge in [-0.15, -0.1) is 0 Å². The number of nitrogens with zero attached hydrogens (tertiary/aromatic N) is 1. The van der Waals surface area contributed by atoms with E-state index in [0.717, 1.165) is 16.6 Å². The number of carbonyl (C=O) groups excluding carboxylic acids is 1. The van der Waals surface area contributed by atoms with Crippen molar-refractivity contribution >= 4 is 15.9 Å². The van der Waals surface area contributed by atoms with Crippen LogP contribution >= 0.6 is 0 Å². The Morgan fingerprint density at radius 3 is 2.03 bits per heavy atom. The lowest BCUT2D eigenvalue weighted by Gasteiger charge is -2.07. The van der Waals surface area contributed by atoms with Crippen LogP contribution in [0.4, 0.5) is 13.2 Å². The van der Waals surface area contributed by atoms with Gasteiger partial charge in [-0.2, -0.15) is 13.2 Å². The Hall–Kier alpha value is -3.24. The van der Waals surface area contributed by atoms with Gasteiger partial charge in [-0.25, -0.2) is 13.1 Å². The molecule has 0 aliphatic carbocycles. The number of alkyl halides is 3. The highest BCUT2D eigenvalue weighted by molar-refractivity contribution is 7.88. The highest BCUT2D eigenvalue weighted by Gasteiger charge is 2.30. The number of hydrogen-bond donors (Lipinski definition) is 2. The maximum absolute atomic E-state index is 11.7. The molecule has 1 amide bonds. The summed E-state index contributed by atoms with van der Waals surface area (Å²) in [5.41, 5.74) is 2.27. The van der Waals surface area contributed by atoms with E-state index in [4.69, 9.17) is 0 Å². The van der Waals surface area contributed by atoms with Crippen LogP contribution in [0.1, 0.15) is 16.1 Å². The standard InChI is InChI=1S/C13H14N2O2S.C8H6F3NO/c1-14-18(16,17)10-12-8-5-9-13(15-12)11-6-3-2-4-7-11;9-8(10,11)12-7(13)6-4-2-1-3-5-6/h2-9,14H,10H2,1H3;1-5H,(H,12,13). The van der Waals surface area contributed by atoms with Crippen LogP contribution in [-0.2, 0) is 15.8 Å². The zero-order chi connectivity index (χ0) is 22.9. The number of rotatable bonds is 5. The first-order chi connectivity index (χ1) is 14.6. The van der Waals surface area contributed by atoms with Gasteiger partial charge in [0.1, 0.15) is 5.75 Å². The van der Waals surface area contributed by atoms with E-state index in [1.807, 2.05) is 42.5 Å². The molecular formula is C21H20F3N3O3S. The van der Waals surface area contributed by atoms with Crippen molar-refractivity contribution in [3.8, 4) is 11.3 Å². The first-order valence-corrected chi connectivity index (χ1v) is 10.6.